The summed E-state index contributed by atoms with van der Waals surface area (Å²) in [5.74, 6) is 0.834. The van der Waals surface area contributed by atoms with E-state index in [1.165, 1.54) is 0 Å². The van der Waals surface area contributed by atoms with Crippen LogP contribution >= 0.6 is 11.3 Å². The van der Waals surface area contributed by atoms with Crippen molar-refractivity contribution < 1.29 is 4.42 Å². The van der Waals surface area contributed by atoms with Crippen molar-refractivity contribution in [3.05, 3.63) is 70.3 Å². The van der Waals surface area contributed by atoms with E-state index in [0.717, 1.165) is 31.7 Å². The van der Waals surface area contributed by atoms with Gasteiger partial charge in [-0.2, -0.15) is 0 Å². The van der Waals surface area contributed by atoms with Gasteiger partial charge in [0.2, 0.25) is 0 Å². The van der Waals surface area contributed by atoms with Gasteiger partial charge in [0.1, 0.15) is 23.0 Å². The summed E-state index contributed by atoms with van der Waals surface area (Å²) >= 11 is 1.67. The third-order valence-electron chi connectivity index (χ3n) is 4.11. The summed E-state index contributed by atoms with van der Waals surface area (Å²) in [6.07, 6.45) is 3.92. The Morgan fingerprint density at radius 1 is 0.846 bits per heavy atom. The van der Waals surface area contributed by atoms with Crippen molar-refractivity contribution in [1.82, 2.24) is 0 Å². The van der Waals surface area contributed by atoms with E-state index in [4.69, 9.17) is 26.7 Å². The Morgan fingerprint density at radius 2 is 1.58 bits per heavy atom. The van der Waals surface area contributed by atoms with Crippen LogP contribution in [0.15, 0.2) is 52.9 Å². The van der Waals surface area contributed by atoms with Crippen LogP contribution in [0, 0.1) is 10.8 Å². The molecule has 5 nitrogen and oxygen atoms in total. The lowest BCUT2D eigenvalue weighted by molar-refractivity contribution is 0.604. The van der Waals surface area contributed by atoms with Gasteiger partial charge < -0.3 is 15.9 Å². The smallest absolute Gasteiger partial charge is 0.135 e. The fourth-order valence-electron chi connectivity index (χ4n) is 2.78. The van der Waals surface area contributed by atoms with Crippen LogP contribution in [0.3, 0.4) is 0 Å². The van der Waals surface area contributed by atoms with Crippen molar-refractivity contribution in [3.8, 4) is 0 Å². The number of rotatable bonds is 4. The van der Waals surface area contributed by atoms with Crippen LogP contribution in [0.25, 0.3) is 33.2 Å². The number of hydrogen-bond donors (Lipinski definition) is 4. The van der Waals surface area contributed by atoms with Crippen molar-refractivity contribution in [2.75, 3.05) is 0 Å². The molecule has 0 bridgehead atoms. The quantitative estimate of drug-likeness (QED) is 0.320. The number of hydrogen-bond acceptors (Lipinski definition) is 4. The fourth-order valence-corrected chi connectivity index (χ4v) is 3.73. The average Bonchev–Trinajstić information content (AvgIpc) is 3.21. The van der Waals surface area contributed by atoms with E-state index in [1.54, 1.807) is 17.4 Å². The number of furan rings is 1. The summed E-state index contributed by atoms with van der Waals surface area (Å²) in [7, 11) is 0. The Bertz CT molecular complexity index is 1110. The predicted octanol–water partition coefficient (Wildman–Crippen LogP) is 4.39. The van der Waals surface area contributed by atoms with Gasteiger partial charge in [-0.3, -0.25) is 10.8 Å². The van der Waals surface area contributed by atoms with Crippen molar-refractivity contribution >= 4 is 56.2 Å². The van der Waals surface area contributed by atoms with E-state index >= 15 is 0 Å². The summed E-state index contributed by atoms with van der Waals surface area (Å²) in [4.78, 5) is 1.09. The molecule has 4 aromatic rings. The SMILES string of the molecule is N=C(N)c1ccc2sc(/C=C/c3cc4ccc(C(=N)N)cc4o3)cc2c1. The van der Waals surface area contributed by atoms with Crippen LogP contribution in [0.2, 0.25) is 0 Å². The van der Waals surface area contributed by atoms with Gasteiger partial charge in [-0.15, -0.1) is 11.3 Å². The Balaban J connectivity index is 1.65. The topological polar surface area (TPSA) is 113 Å². The van der Waals surface area contributed by atoms with Gasteiger partial charge in [0.05, 0.1) is 0 Å². The summed E-state index contributed by atoms with van der Waals surface area (Å²) in [5, 5.41) is 17.1. The molecule has 2 heterocycles. The molecule has 0 amide bonds. The number of nitrogen functional groups attached to an aromatic ring is 2. The van der Waals surface area contributed by atoms with Crippen LogP contribution in [0.1, 0.15) is 21.8 Å². The van der Waals surface area contributed by atoms with E-state index in [1.807, 2.05) is 48.6 Å². The Kier molecular flexibility index (Phi) is 3.82. The first kappa shape index (κ1) is 16.1. The molecule has 0 unspecified atom stereocenters. The summed E-state index contributed by atoms with van der Waals surface area (Å²) in [6, 6.07) is 15.3. The Morgan fingerprint density at radius 3 is 2.35 bits per heavy atom. The van der Waals surface area contributed by atoms with Crippen LogP contribution in [0.5, 0.6) is 0 Å². The lowest BCUT2D eigenvalue weighted by atomic mass is 10.1. The van der Waals surface area contributed by atoms with Crippen molar-refractivity contribution in [1.29, 1.82) is 10.8 Å². The highest BCUT2D eigenvalue weighted by molar-refractivity contribution is 7.19. The van der Waals surface area contributed by atoms with Gasteiger partial charge in [0.25, 0.3) is 0 Å². The van der Waals surface area contributed by atoms with Crippen LogP contribution in [-0.2, 0) is 0 Å². The molecule has 0 fully saturated rings. The molecule has 0 spiro atoms. The maximum absolute atomic E-state index is 7.54. The lowest BCUT2D eigenvalue weighted by Crippen LogP contribution is -2.10. The van der Waals surface area contributed by atoms with E-state index in [-0.39, 0.29) is 11.7 Å². The maximum atomic E-state index is 7.54. The average molecular weight is 360 g/mol. The van der Waals surface area contributed by atoms with Crippen molar-refractivity contribution in [2.24, 2.45) is 11.5 Å². The molecule has 0 aliphatic heterocycles. The monoisotopic (exact) mass is 360 g/mol. The molecule has 6 N–H and O–H groups in total. The van der Waals surface area contributed by atoms with Crippen molar-refractivity contribution in [3.63, 3.8) is 0 Å². The highest BCUT2D eigenvalue weighted by Gasteiger charge is 2.06. The first-order valence-corrected chi connectivity index (χ1v) is 8.75. The number of nitrogens with one attached hydrogen (secondary N) is 2. The van der Waals surface area contributed by atoms with Gasteiger partial charge in [-0.25, -0.2) is 0 Å². The van der Waals surface area contributed by atoms with E-state index in [9.17, 15) is 0 Å². The minimum absolute atomic E-state index is 0.0237. The second-order valence-corrected chi connectivity index (χ2v) is 7.08. The highest BCUT2D eigenvalue weighted by Crippen LogP contribution is 2.29. The third kappa shape index (κ3) is 2.98. The molecule has 0 aliphatic carbocycles. The van der Waals surface area contributed by atoms with Crippen LogP contribution in [0.4, 0.5) is 0 Å². The number of thiophene rings is 1. The zero-order chi connectivity index (χ0) is 18.3. The number of benzene rings is 2. The Hall–Kier alpha value is -3.38. The van der Waals surface area contributed by atoms with E-state index in [0.29, 0.717) is 11.1 Å². The molecule has 0 atom stereocenters. The molecule has 0 aliphatic rings. The van der Waals surface area contributed by atoms with Gasteiger partial charge in [-0.1, -0.05) is 12.1 Å². The lowest BCUT2D eigenvalue weighted by Gasteiger charge is -1.96. The normalized spacial score (nSPS) is 11.5. The zero-order valence-electron chi connectivity index (χ0n) is 13.7. The van der Waals surface area contributed by atoms with E-state index < -0.39 is 0 Å². The van der Waals surface area contributed by atoms with Gasteiger partial charge in [0.15, 0.2) is 0 Å². The minimum atomic E-state index is 0.0237. The standard InChI is InChI=1S/C20H16N4OS/c21-19(22)12-3-6-18-14(7-12)9-16(26-18)5-4-15-8-11-1-2-13(20(23)24)10-17(11)25-15/h1-10H,(H3,21,22)(H3,23,24)/b5-4+. The van der Waals surface area contributed by atoms with Gasteiger partial charge >= 0.3 is 0 Å². The highest BCUT2D eigenvalue weighted by atomic mass is 32.1. The zero-order valence-corrected chi connectivity index (χ0v) is 14.6. The second kappa shape index (κ2) is 6.16. The molecule has 26 heavy (non-hydrogen) atoms. The molecule has 2 aromatic heterocycles. The largest absolute Gasteiger partial charge is 0.457 e. The summed E-state index contributed by atoms with van der Waals surface area (Å²) in [5.41, 5.74) is 13.2. The molecule has 0 radical (unpaired) electrons. The second-order valence-electron chi connectivity index (χ2n) is 5.96. The summed E-state index contributed by atoms with van der Waals surface area (Å²) in [6.45, 7) is 0. The molecule has 4 rings (SSSR count). The van der Waals surface area contributed by atoms with E-state index in [2.05, 4.69) is 6.07 Å². The number of nitrogens with two attached hydrogens (primary N) is 2. The molecule has 6 heteroatoms. The third-order valence-corrected chi connectivity index (χ3v) is 5.19. The summed E-state index contributed by atoms with van der Waals surface area (Å²) < 4.78 is 6.97. The Labute approximate surface area is 153 Å². The van der Waals surface area contributed by atoms with Crippen molar-refractivity contribution in [2.45, 2.75) is 0 Å². The van der Waals surface area contributed by atoms with Crippen LogP contribution < -0.4 is 11.5 Å². The van der Waals surface area contributed by atoms with Gasteiger partial charge in [0, 0.05) is 26.1 Å². The number of fused-ring (bicyclic) bond motifs is 2. The van der Waals surface area contributed by atoms with Gasteiger partial charge in [-0.05, 0) is 53.9 Å². The number of amidine groups is 2. The first-order valence-electron chi connectivity index (χ1n) is 7.94. The minimum Gasteiger partial charge on any atom is -0.457 e. The maximum Gasteiger partial charge on any atom is 0.135 e. The molecule has 0 saturated carbocycles. The predicted molar refractivity (Wildman–Crippen MR) is 109 cm³/mol. The molecule has 0 saturated heterocycles. The molecular weight excluding hydrogens is 344 g/mol. The molecule has 2 aromatic carbocycles. The molecular formula is C20H16N4OS. The molecule has 128 valence electrons. The van der Waals surface area contributed by atoms with Crippen LogP contribution in [-0.4, -0.2) is 11.7 Å². The fraction of sp³-hybridized carbons (Fsp3) is 0. The first-order chi connectivity index (χ1) is 12.5.